The summed E-state index contributed by atoms with van der Waals surface area (Å²) in [6.07, 6.45) is 2.08. The minimum absolute atomic E-state index is 0.0966. The Hall–Kier alpha value is -1.19. The van der Waals surface area contributed by atoms with Crippen molar-refractivity contribution in [1.29, 1.82) is 0 Å². The van der Waals surface area contributed by atoms with Gasteiger partial charge in [0.2, 0.25) is 0 Å². The molecule has 1 unspecified atom stereocenters. The fourth-order valence-corrected chi connectivity index (χ4v) is 3.57. The first-order valence-corrected chi connectivity index (χ1v) is 8.10. The highest BCUT2D eigenvalue weighted by molar-refractivity contribution is 7.10. The number of benzene rings is 1. The third-order valence-corrected chi connectivity index (χ3v) is 4.44. The van der Waals surface area contributed by atoms with Gasteiger partial charge in [0.1, 0.15) is 5.82 Å². The molecule has 1 nitrogen and oxygen atoms in total. The van der Waals surface area contributed by atoms with Crippen LogP contribution in [0.4, 0.5) is 4.39 Å². The van der Waals surface area contributed by atoms with Gasteiger partial charge in [-0.1, -0.05) is 19.9 Å². The minimum atomic E-state index is -0.155. The Kier molecular flexibility index (Phi) is 5.32. The molecule has 1 aromatic heterocycles. The van der Waals surface area contributed by atoms with Crippen molar-refractivity contribution in [2.45, 2.75) is 39.7 Å². The molecule has 0 saturated carbocycles. The maximum Gasteiger partial charge on any atom is 0.123 e. The van der Waals surface area contributed by atoms with Gasteiger partial charge >= 0.3 is 0 Å². The molecule has 0 saturated heterocycles. The molecule has 0 fully saturated rings. The van der Waals surface area contributed by atoms with Gasteiger partial charge < -0.3 is 5.32 Å². The van der Waals surface area contributed by atoms with Crippen LogP contribution in [0, 0.1) is 12.7 Å². The quantitative estimate of drug-likeness (QED) is 0.802. The van der Waals surface area contributed by atoms with Crippen LogP contribution in [-0.4, -0.2) is 6.54 Å². The standard InChI is InChI=1S/C17H22FNS/c1-4-7-19-16(17-13(5-2)6-8-20-17)14-9-12(3)10-15(18)11-14/h6,8-11,16,19H,4-5,7H2,1-3H3. The Morgan fingerprint density at radius 3 is 2.70 bits per heavy atom. The molecule has 1 heterocycles. The molecule has 1 atom stereocenters. The van der Waals surface area contributed by atoms with Gasteiger partial charge in [-0.3, -0.25) is 0 Å². The van der Waals surface area contributed by atoms with E-state index in [2.05, 4.69) is 36.7 Å². The van der Waals surface area contributed by atoms with Crippen molar-refractivity contribution in [3.63, 3.8) is 0 Å². The lowest BCUT2D eigenvalue weighted by molar-refractivity contribution is 0.587. The van der Waals surface area contributed by atoms with Gasteiger partial charge in [0.25, 0.3) is 0 Å². The molecule has 2 rings (SSSR count). The number of hydrogen-bond acceptors (Lipinski definition) is 2. The second-order valence-electron chi connectivity index (χ2n) is 5.11. The topological polar surface area (TPSA) is 12.0 Å². The summed E-state index contributed by atoms with van der Waals surface area (Å²) in [5.41, 5.74) is 3.34. The van der Waals surface area contributed by atoms with Gasteiger partial charge in [-0.25, -0.2) is 4.39 Å². The van der Waals surface area contributed by atoms with E-state index in [9.17, 15) is 4.39 Å². The Bertz CT molecular complexity index is 542. The summed E-state index contributed by atoms with van der Waals surface area (Å²) in [5.74, 6) is -0.155. The summed E-state index contributed by atoms with van der Waals surface area (Å²) in [5, 5.41) is 5.69. The number of thiophene rings is 1. The van der Waals surface area contributed by atoms with Crippen molar-refractivity contribution in [1.82, 2.24) is 5.32 Å². The molecule has 0 aliphatic rings. The van der Waals surface area contributed by atoms with Crippen LogP contribution >= 0.6 is 11.3 Å². The molecular formula is C17H22FNS. The average Bonchev–Trinajstić information content (AvgIpc) is 2.86. The van der Waals surface area contributed by atoms with E-state index < -0.39 is 0 Å². The molecule has 0 aliphatic heterocycles. The van der Waals surface area contributed by atoms with Gasteiger partial charge in [-0.15, -0.1) is 11.3 Å². The third kappa shape index (κ3) is 3.47. The van der Waals surface area contributed by atoms with Crippen LogP contribution in [0.15, 0.2) is 29.6 Å². The molecule has 0 aliphatic carbocycles. The SMILES string of the molecule is CCCNC(c1cc(C)cc(F)c1)c1sccc1CC. The molecule has 2 aromatic rings. The second kappa shape index (κ2) is 7.00. The Labute approximate surface area is 124 Å². The fourth-order valence-electron chi connectivity index (χ4n) is 2.47. The summed E-state index contributed by atoms with van der Waals surface area (Å²) >= 11 is 1.75. The number of aryl methyl sites for hydroxylation is 2. The number of hydrogen-bond donors (Lipinski definition) is 1. The zero-order valence-corrected chi connectivity index (χ0v) is 13.2. The Morgan fingerprint density at radius 1 is 1.25 bits per heavy atom. The van der Waals surface area contributed by atoms with Gasteiger partial charge in [-0.05, 0) is 66.6 Å². The minimum Gasteiger partial charge on any atom is -0.306 e. The Morgan fingerprint density at radius 2 is 2.05 bits per heavy atom. The highest BCUT2D eigenvalue weighted by atomic mass is 32.1. The van der Waals surface area contributed by atoms with Crippen LogP contribution in [0.25, 0.3) is 0 Å². The smallest absolute Gasteiger partial charge is 0.123 e. The lowest BCUT2D eigenvalue weighted by atomic mass is 9.99. The van der Waals surface area contributed by atoms with E-state index in [4.69, 9.17) is 0 Å². The van der Waals surface area contributed by atoms with E-state index in [0.29, 0.717) is 0 Å². The highest BCUT2D eigenvalue weighted by Crippen LogP contribution is 2.31. The first-order chi connectivity index (χ1) is 9.65. The molecule has 0 radical (unpaired) electrons. The predicted molar refractivity (Wildman–Crippen MR) is 85.0 cm³/mol. The van der Waals surface area contributed by atoms with E-state index in [1.165, 1.54) is 10.4 Å². The van der Waals surface area contributed by atoms with Crippen molar-refractivity contribution < 1.29 is 4.39 Å². The zero-order chi connectivity index (χ0) is 14.5. The number of rotatable bonds is 6. The first kappa shape index (κ1) is 15.2. The maximum atomic E-state index is 13.7. The summed E-state index contributed by atoms with van der Waals surface area (Å²) < 4.78 is 13.7. The molecule has 1 aromatic carbocycles. The van der Waals surface area contributed by atoms with Crippen molar-refractivity contribution in [2.24, 2.45) is 0 Å². The zero-order valence-electron chi connectivity index (χ0n) is 12.4. The first-order valence-electron chi connectivity index (χ1n) is 7.22. The van der Waals surface area contributed by atoms with Gasteiger partial charge in [-0.2, -0.15) is 0 Å². The van der Waals surface area contributed by atoms with Crippen LogP contribution in [0.1, 0.15) is 47.9 Å². The maximum absolute atomic E-state index is 13.7. The predicted octanol–water partition coefficient (Wildman–Crippen LogP) is 4.85. The second-order valence-corrected chi connectivity index (χ2v) is 6.06. The van der Waals surface area contributed by atoms with Crippen molar-refractivity contribution in [3.8, 4) is 0 Å². The molecule has 1 N–H and O–H groups in total. The normalized spacial score (nSPS) is 12.6. The van der Waals surface area contributed by atoms with Gasteiger partial charge in [0, 0.05) is 4.88 Å². The summed E-state index contributed by atoms with van der Waals surface area (Å²) in [4.78, 5) is 1.31. The Balaban J connectivity index is 2.41. The van der Waals surface area contributed by atoms with E-state index >= 15 is 0 Å². The average molecular weight is 291 g/mol. The summed E-state index contributed by atoms with van der Waals surface area (Å²) in [7, 11) is 0. The van der Waals surface area contributed by atoms with Crippen LogP contribution in [0.5, 0.6) is 0 Å². The molecule has 108 valence electrons. The van der Waals surface area contributed by atoms with Crippen LogP contribution in [-0.2, 0) is 6.42 Å². The lowest BCUT2D eigenvalue weighted by Gasteiger charge is -2.20. The summed E-state index contributed by atoms with van der Waals surface area (Å²) in [6, 6.07) is 7.58. The molecule has 0 bridgehead atoms. The molecular weight excluding hydrogens is 269 g/mol. The van der Waals surface area contributed by atoms with E-state index in [1.807, 2.05) is 6.92 Å². The van der Waals surface area contributed by atoms with E-state index in [-0.39, 0.29) is 11.9 Å². The molecule has 3 heteroatoms. The van der Waals surface area contributed by atoms with Crippen LogP contribution < -0.4 is 5.32 Å². The van der Waals surface area contributed by atoms with E-state index in [0.717, 1.165) is 30.5 Å². The number of halogens is 1. The number of nitrogens with one attached hydrogen (secondary N) is 1. The largest absolute Gasteiger partial charge is 0.306 e. The molecule has 20 heavy (non-hydrogen) atoms. The third-order valence-electron chi connectivity index (χ3n) is 3.42. The fraction of sp³-hybridized carbons (Fsp3) is 0.412. The van der Waals surface area contributed by atoms with Crippen molar-refractivity contribution >= 4 is 11.3 Å². The molecule has 0 spiro atoms. The van der Waals surface area contributed by atoms with Crippen LogP contribution in [0.2, 0.25) is 0 Å². The van der Waals surface area contributed by atoms with Crippen LogP contribution in [0.3, 0.4) is 0 Å². The highest BCUT2D eigenvalue weighted by Gasteiger charge is 2.18. The van der Waals surface area contributed by atoms with Crippen molar-refractivity contribution in [3.05, 3.63) is 57.0 Å². The summed E-state index contributed by atoms with van der Waals surface area (Å²) in [6.45, 7) is 7.19. The van der Waals surface area contributed by atoms with Crippen molar-refractivity contribution in [2.75, 3.05) is 6.54 Å². The van der Waals surface area contributed by atoms with E-state index in [1.54, 1.807) is 23.5 Å². The monoisotopic (exact) mass is 291 g/mol. The molecule has 0 amide bonds. The van der Waals surface area contributed by atoms with Gasteiger partial charge in [0.05, 0.1) is 6.04 Å². The lowest BCUT2D eigenvalue weighted by Crippen LogP contribution is -2.23. The van der Waals surface area contributed by atoms with Gasteiger partial charge in [0.15, 0.2) is 0 Å².